The van der Waals surface area contributed by atoms with Crippen LogP contribution < -0.4 is 9.62 Å². The van der Waals surface area contributed by atoms with Gasteiger partial charge in [-0.15, -0.1) is 0 Å². The molecule has 0 atom stereocenters. The second kappa shape index (κ2) is 8.49. The summed E-state index contributed by atoms with van der Waals surface area (Å²) < 4.78 is 29.3. The first-order valence-corrected chi connectivity index (χ1v) is 12.1. The maximum absolute atomic E-state index is 13.6. The number of benzene rings is 3. The van der Waals surface area contributed by atoms with Crippen molar-refractivity contribution in [3.63, 3.8) is 0 Å². The molecule has 0 aliphatic carbocycles. The van der Waals surface area contributed by atoms with Crippen LogP contribution in [-0.4, -0.2) is 20.9 Å². The summed E-state index contributed by atoms with van der Waals surface area (Å²) in [6.07, 6.45) is 0. The Hall–Kier alpha value is -2.61. The van der Waals surface area contributed by atoms with Crippen molar-refractivity contribution in [1.82, 2.24) is 0 Å². The van der Waals surface area contributed by atoms with Crippen molar-refractivity contribution in [2.45, 2.75) is 6.92 Å². The van der Waals surface area contributed by atoms with E-state index in [2.05, 4.69) is 21.2 Å². The highest BCUT2D eigenvalue weighted by Gasteiger charge is 2.40. The molecule has 8 heteroatoms. The maximum Gasteiger partial charge on any atom is 0.270 e. The minimum absolute atomic E-state index is 0.173. The fraction of sp³-hybridized carbons (Fsp3) is 0.0870. The Labute approximate surface area is 194 Å². The molecule has 1 N–H and O–H groups in total. The molecule has 0 bridgehead atoms. The minimum Gasteiger partial charge on any atom is -0.321 e. The van der Waals surface area contributed by atoms with E-state index in [4.69, 9.17) is 11.6 Å². The van der Waals surface area contributed by atoms with Gasteiger partial charge in [0.05, 0.1) is 5.69 Å². The predicted molar refractivity (Wildman–Crippen MR) is 129 cm³/mol. The third-order valence-corrected chi connectivity index (χ3v) is 7.58. The number of sulfonamides is 1. The monoisotopic (exact) mass is 516 g/mol. The zero-order valence-corrected chi connectivity index (χ0v) is 19.6. The molecule has 1 aliphatic heterocycles. The second-order valence-electron chi connectivity index (χ2n) is 6.87. The van der Waals surface area contributed by atoms with Gasteiger partial charge in [0.15, 0.2) is 4.91 Å². The molecule has 0 saturated carbocycles. The van der Waals surface area contributed by atoms with Crippen LogP contribution >= 0.6 is 27.5 Å². The van der Waals surface area contributed by atoms with Crippen molar-refractivity contribution in [2.75, 3.05) is 16.2 Å². The van der Waals surface area contributed by atoms with Crippen LogP contribution in [0.2, 0.25) is 5.02 Å². The van der Waals surface area contributed by atoms with Crippen molar-refractivity contribution in [2.24, 2.45) is 0 Å². The number of carbonyl (C=O) groups is 1. The molecular formula is C23H18BrClN2O3S. The highest BCUT2D eigenvalue weighted by Crippen LogP contribution is 2.44. The van der Waals surface area contributed by atoms with E-state index in [0.717, 1.165) is 4.47 Å². The molecule has 5 nitrogen and oxygen atoms in total. The smallest absolute Gasteiger partial charge is 0.270 e. The zero-order chi connectivity index (χ0) is 22.2. The van der Waals surface area contributed by atoms with E-state index < -0.39 is 15.9 Å². The fourth-order valence-electron chi connectivity index (χ4n) is 3.63. The van der Waals surface area contributed by atoms with Gasteiger partial charge in [0.25, 0.3) is 15.9 Å². The summed E-state index contributed by atoms with van der Waals surface area (Å²) in [4.78, 5) is 13.1. The van der Waals surface area contributed by atoms with Gasteiger partial charge in [-0.3, -0.25) is 9.10 Å². The van der Waals surface area contributed by atoms with Crippen molar-refractivity contribution in [3.05, 3.63) is 98.3 Å². The number of halogens is 2. The first-order chi connectivity index (χ1) is 14.8. The summed E-state index contributed by atoms with van der Waals surface area (Å²) in [5.74, 6) is -0.707. The molecule has 31 heavy (non-hydrogen) atoms. The lowest BCUT2D eigenvalue weighted by Crippen LogP contribution is -2.39. The lowest BCUT2D eigenvalue weighted by atomic mass is 9.95. The molecular weight excluding hydrogens is 500 g/mol. The summed E-state index contributed by atoms with van der Waals surface area (Å²) in [6.45, 7) is 1.90. The van der Waals surface area contributed by atoms with E-state index in [1.54, 1.807) is 67.6 Å². The number of amides is 1. The number of anilines is 2. The van der Waals surface area contributed by atoms with E-state index in [0.29, 0.717) is 33.1 Å². The largest absolute Gasteiger partial charge is 0.321 e. The summed E-state index contributed by atoms with van der Waals surface area (Å²) in [5, 5.41) is 3.19. The summed E-state index contributed by atoms with van der Waals surface area (Å²) >= 11 is 9.63. The van der Waals surface area contributed by atoms with Crippen LogP contribution in [0, 0.1) is 0 Å². The predicted octanol–water partition coefficient (Wildman–Crippen LogP) is 5.67. The van der Waals surface area contributed by atoms with Gasteiger partial charge in [0, 0.05) is 32.9 Å². The average molecular weight is 518 g/mol. The molecule has 1 heterocycles. The maximum atomic E-state index is 13.6. The number of fused-ring (bicyclic) bond motifs is 1. The number of rotatable bonds is 4. The quantitative estimate of drug-likeness (QED) is 0.485. The molecule has 0 unspecified atom stereocenters. The van der Waals surface area contributed by atoms with Gasteiger partial charge >= 0.3 is 0 Å². The van der Waals surface area contributed by atoms with Gasteiger partial charge in [0.2, 0.25) is 0 Å². The van der Waals surface area contributed by atoms with Crippen LogP contribution in [0.4, 0.5) is 11.4 Å². The van der Waals surface area contributed by atoms with Crippen LogP contribution in [0.25, 0.3) is 5.57 Å². The Morgan fingerprint density at radius 1 is 1.03 bits per heavy atom. The molecule has 4 rings (SSSR count). The highest BCUT2D eigenvalue weighted by atomic mass is 79.9. The molecule has 1 aliphatic rings. The van der Waals surface area contributed by atoms with E-state index >= 15 is 0 Å². The van der Waals surface area contributed by atoms with Gasteiger partial charge in [-0.05, 0) is 48.9 Å². The van der Waals surface area contributed by atoms with Crippen molar-refractivity contribution < 1.29 is 13.2 Å². The van der Waals surface area contributed by atoms with E-state index in [1.165, 1.54) is 4.31 Å². The molecule has 0 fully saturated rings. The normalized spacial score (nSPS) is 14.9. The molecule has 3 aromatic rings. The van der Waals surface area contributed by atoms with E-state index in [-0.39, 0.29) is 11.4 Å². The Balaban J connectivity index is 2.01. The Morgan fingerprint density at radius 2 is 1.77 bits per heavy atom. The summed E-state index contributed by atoms with van der Waals surface area (Å²) in [5.41, 5.74) is 2.51. The van der Waals surface area contributed by atoms with Gasteiger partial charge in [-0.2, -0.15) is 0 Å². The Morgan fingerprint density at radius 3 is 2.45 bits per heavy atom. The van der Waals surface area contributed by atoms with Crippen LogP contribution in [0.5, 0.6) is 0 Å². The summed E-state index contributed by atoms with van der Waals surface area (Å²) in [7, 11) is -4.12. The average Bonchev–Trinajstić information content (AvgIpc) is 2.73. The third kappa shape index (κ3) is 4.01. The van der Waals surface area contributed by atoms with Gasteiger partial charge in [-0.25, -0.2) is 8.42 Å². The SMILES string of the molecule is CCN1c2ccc(Cl)cc2C(c2ccccc2)=C(C(=O)Nc2cccc(Br)c2)S1(=O)=O. The molecule has 0 saturated heterocycles. The first-order valence-electron chi connectivity index (χ1n) is 9.52. The number of hydrogen-bond donors (Lipinski definition) is 1. The van der Waals surface area contributed by atoms with Crippen molar-refractivity contribution in [1.29, 1.82) is 0 Å². The number of nitrogens with one attached hydrogen (secondary N) is 1. The standard InChI is InChI=1S/C23H18BrClN2O3S/c1-2-27-20-12-11-17(25)14-19(20)21(15-7-4-3-5-8-15)22(31(27,29)30)23(28)26-18-10-6-9-16(24)13-18/h3-14H,2H2,1H3,(H,26,28). The Bertz CT molecular complexity index is 1310. The van der Waals surface area contributed by atoms with Crippen molar-refractivity contribution in [3.8, 4) is 0 Å². The molecule has 1 amide bonds. The molecule has 3 aromatic carbocycles. The van der Waals surface area contributed by atoms with Crippen LogP contribution in [-0.2, 0) is 14.8 Å². The lowest BCUT2D eigenvalue weighted by Gasteiger charge is -2.33. The zero-order valence-electron chi connectivity index (χ0n) is 16.5. The van der Waals surface area contributed by atoms with Crippen LogP contribution in [0.15, 0.2) is 82.2 Å². The van der Waals surface area contributed by atoms with Crippen molar-refractivity contribution >= 4 is 60.4 Å². The second-order valence-corrected chi connectivity index (χ2v) is 10.0. The Kier molecular flexibility index (Phi) is 5.92. The van der Waals surface area contributed by atoms with E-state index in [9.17, 15) is 13.2 Å². The molecule has 0 aromatic heterocycles. The van der Waals surface area contributed by atoms with Gasteiger partial charge in [0.1, 0.15) is 0 Å². The fourth-order valence-corrected chi connectivity index (χ4v) is 5.95. The molecule has 0 radical (unpaired) electrons. The topological polar surface area (TPSA) is 66.5 Å². The number of hydrogen-bond acceptors (Lipinski definition) is 3. The molecule has 0 spiro atoms. The van der Waals surface area contributed by atoms with Crippen LogP contribution in [0.3, 0.4) is 0 Å². The number of nitrogens with zero attached hydrogens (tertiary/aromatic N) is 1. The minimum atomic E-state index is -4.12. The molecule has 158 valence electrons. The van der Waals surface area contributed by atoms with E-state index in [1.807, 2.05) is 12.1 Å². The summed E-state index contributed by atoms with van der Waals surface area (Å²) in [6, 6.07) is 21.0. The first kappa shape index (κ1) is 21.6. The number of carbonyl (C=O) groups excluding carboxylic acids is 1. The lowest BCUT2D eigenvalue weighted by molar-refractivity contribution is -0.112. The third-order valence-electron chi connectivity index (χ3n) is 4.91. The highest BCUT2D eigenvalue weighted by molar-refractivity contribution is 9.10. The van der Waals surface area contributed by atoms with Crippen LogP contribution in [0.1, 0.15) is 18.1 Å². The van der Waals surface area contributed by atoms with Gasteiger partial charge in [-0.1, -0.05) is 63.9 Å². The van der Waals surface area contributed by atoms with Gasteiger partial charge < -0.3 is 5.32 Å².